The van der Waals surface area contributed by atoms with E-state index in [9.17, 15) is 13.2 Å². The van der Waals surface area contributed by atoms with Gasteiger partial charge in [-0.25, -0.2) is 8.42 Å². The number of carbonyl (C=O) groups excluding carboxylic acids is 1. The molecule has 1 fully saturated rings. The van der Waals surface area contributed by atoms with Crippen LogP contribution in [0.25, 0.3) is 0 Å². The number of carbonyl (C=O) groups is 1. The van der Waals surface area contributed by atoms with Gasteiger partial charge in [0.1, 0.15) is 5.75 Å². The second-order valence-electron chi connectivity index (χ2n) is 6.97. The molecular formula is C20H22N2O4S. The first-order chi connectivity index (χ1) is 13.0. The number of methoxy groups -OCH3 is 1. The number of amides is 1. The zero-order chi connectivity index (χ0) is 19.0. The minimum atomic E-state index is -3.75. The highest BCUT2D eigenvalue weighted by molar-refractivity contribution is 7.92. The smallest absolute Gasteiger partial charge is 0.264 e. The fraction of sp³-hybridized carbons (Fsp3) is 0.350. The number of hydrogen-bond donors (Lipinski definition) is 1. The van der Waals surface area contributed by atoms with Crippen molar-refractivity contribution in [2.75, 3.05) is 24.5 Å². The van der Waals surface area contributed by atoms with Gasteiger partial charge in [-0.2, -0.15) is 0 Å². The standard InChI is InChI=1S/C20H22N2O4S/c1-26-19-9-8-16(12-17(19)20(23)21-13-14-6-7-14)27(24,25)22-11-10-15-4-2-3-5-18(15)22/h2-5,8-9,12,14H,6-7,10-11,13H2,1H3,(H,21,23). The topological polar surface area (TPSA) is 75.7 Å². The van der Waals surface area contributed by atoms with Crippen molar-refractivity contribution in [2.45, 2.75) is 24.2 Å². The molecule has 0 spiro atoms. The van der Waals surface area contributed by atoms with E-state index in [1.54, 1.807) is 6.07 Å². The van der Waals surface area contributed by atoms with Gasteiger partial charge >= 0.3 is 0 Å². The summed E-state index contributed by atoms with van der Waals surface area (Å²) in [6.45, 7) is 1.01. The van der Waals surface area contributed by atoms with E-state index < -0.39 is 10.0 Å². The average molecular weight is 386 g/mol. The minimum Gasteiger partial charge on any atom is -0.496 e. The number of hydrogen-bond acceptors (Lipinski definition) is 4. The minimum absolute atomic E-state index is 0.0941. The van der Waals surface area contributed by atoms with Crippen molar-refractivity contribution in [1.29, 1.82) is 0 Å². The van der Waals surface area contributed by atoms with Crippen LogP contribution in [0.4, 0.5) is 5.69 Å². The lowest BCUT2D eigenvalue weighted by Gasteiger charge is -2.20. The van der Waals surface area contributed by atoms with Gasteiger partial charge in [-0.05, 0) is 55.0 Å². The number of anilines is 1. The van der Waals surface area contributed by atoms with Crippen LogP contribution in [-0.2, 0) is 16.4 Å². The maximum absolute atomic E-state index is 13.2. The monoisotopic (exact) mass is 386 g/mol. The van der Waals surface area contributed by atoms with Gasteiger partial charge in [0, 0.05) is 13.1 Å². The van der Waals surface area contributed by atoms with E-state index >= 15 is 0 Å². The van der Waals surface area contributed by atoms with E-state index in [1.165, 1.54) is 23.5 Å². The fourth-order valence-electron chi connectivity index (χ4n) is 3.36. The second kappa shape index (κ2) is 6.88. The molecule has 2 aromatic carbocycles. The first-order valence-corrected chi connectivity index (χ1v) is 10.5. The lowest BCUT2D eigenvalue weighted by Crippen LogP contribution is -2.30. The molecular weight excluding hydrogens is 364 g/mol. The lowest BCUT2D eigenvalue weighted by molar-refractivity contribution is 0.0948. The quantitative estimate of drug-likeness (QED) is 0.828. The van der Waals surface area contributed by atoms with E-state index in [-0.39, 0.29) is 16.4 Å². The first-order valence-electron chi connectivity index (χ1n) is 9.07. The Morgan fingerprint density at radius 2 is 2.00 bits per heavy atom. The van der Waals surface area contributed by atoms with Crippen molar-refractivity contribution in [1.82, 2.24) is 5.32 Å². The Labute approximate surface area is 159 Å². The predicted octanol–water partition coefficient (Wildman–Crippen LogP) is 2.59. The van der Waals surface area contributed by atoms with Crippen LogP contribution >= 0.6 is 0 Å². The van der Waals surface area contributed by atoms with Crippen LogP contribution in [0.1, 0.15) is 28.8 Å². The summed E-state index contributed by atoms with van der Waals surface area (Å²) in [7, 11) is -2.28. The molecule has 0 radical (unpaired) electrons. The molecule has 4 rings (SSSR count). The van der Waals surface area contributed by atoms with Gasteiger partial charge in [-0.1, -0.05) is 18.2 Å². The third-order valence-corrected chi connectivity index (χ3v) is 6.91. The number of nitrogens with zero attached hydrogens (tertiary/aromatic N) is 1. The molecule has 1 aliphatic carbocycles. The Balaban J connectivity index is 1.66. The van der Waals surface area contributed by atoms with Gasteiger partial charge < -0.3 is 10.1 Å². The molecule has 0 saturated heterocycles. The zero-order valence-corrected chi connectivity index (χ0v) is 16.0. The summed E-state index contributed by atoms with van der Waals surface area (Å²) in [5, 5.41) is 2.87. The van der Waals surface area contributed by atoms with Gasteiger partial charge in [-0.3, -0.25) is 9.10 Å². The number of nitrogens with one attached hydrogen (secondary N) is 1. The Hall–Kier alpha value is -2.54. The van der Waals surface area contributed by atoms with E-state index in [0.717, 1.165) is 18.4 Å². The molecule has 1 N–H and O–H groups in total. The Morgan fingerprint density at radius 3 is 2.74 bits per heavy atom. The summed E-state index contributed by atoms with van der Waals surface area (Å²) in [6, 6.07) is 11.9. The second-order valence-corrected chi connectivity index (χ2v) is 8.83. The third-order valence-electron chi connectivity index (χ3n) is 5.10. The predicted molar refractivity (Wildman–Crippen MR) is 103 cm³/mol. The molecule has 0 unspecified atom stereocenters. The van der Waals surface area contributed by atoms with Crippen LogP contribution in [0, 0.1) is 5.92 Å². The van der Waals surface area contributed by atoms with Crippen molar-refractivity contribution >= 4 is 21.6 Å². The molecule has 6 nitrogen and oxygen atoms in total. The summed E-state index contributed by atoms with van der Waals surface area (Å²) in [5.74, 6) is 0.592. The van der Waals surface area contributed by atoms with Crippen molar-refractivity contribution in [3.8, 4) is 5.75 Å². The van der Waals surface area contributed by atoms with Gasteiger partial charge in [0.05, 0.1) is 23.3 Å². The Kier molecular flexibility index (Phi) is 4.55. The normalized spacial score (nSPS) is 16.1. The van der Waals surface area contributed by atoms with Crippen LogP contribution < -0.4 is 14.4 Å². The van der Waals surface area contributed by atoms with Gasteiger partial charge in [0.2, 0.25) is 0 Å². The number of para-hydroxylation sites is 1. The molecule has 7 heteroatoms. The lowest BCUT2D eigenvalue weighted by atomic mass is 10.2. The van der Waals surface area contributed by atoms with Crippen molar-refractivity contribution in [2.24, 2.45) is 5.92 Å². The average Bonchev–Trinajstić information content (AvgIpc) is 3.41. The number of ether oxygens (including phenoxy) is 1. The van der Waals surface area contributed by atoms with Crippen LogP contribution in [0.5, 0.6) is 5.75 Å². The summed E-state index contributed by atoms with van der Waals surface area (Å²) < 4.78 is 33.1. The maximum atomic E-state index is 13.2. The number of rotatable bonds is 6. The third kappa shape index (κ3) is 3.39. The molecule has 0 atom stereocenters. The Bertz CT molecular complexity index is 983. The van der Waals surface area contributed by atoms with Crippen molar-refractivity contribution in [3.63, 3.8) is 0 Å². The summed E-state index contributed by atoms with van der Waals surface area (Å²) in [5.41, 5.74) is 1.96. The highest BCUT2D eigenvalue weighted by Crippen LogP contribution is 2.34. The fourth-order valence-corrected chi connectivity index (χ4v) is 4.89. The highest BCUT2D eigenvalue weighted by atomic mass is 32.2. The highest BCUT2D eigenvalue weighted by Gasteiger charge is 2.31. The van der Waals surface area contributed by atoms with Crippen LogP contribution in [0.15, 0.2) is 47.4 Å². The summed E-state index contributed by atoms with van der Waals surface area (Å²) in [6.07, 6.45) is 2.93. The van der Waals surface area contributed by atoms with E-state index in [1.807, 2.05) is 24.3 Å². The molecule has 2 aromatic rings. The molecule has 1 aliphatic heterocycles. The zero-order valence-electron chi connectivity index (χ0n) is 15.1. The first kappa shape index (κ1) is 17.9. The molecule has 1 heterocycles. The molecule has 27 heavy (non-hydrogen) atoms. The molecule has 1 amide bonds. The van der Waals surface area contributed by atoms with Crippen molar-refractivity contribution in [3.05, 3.63) is 53.6 Å². The molecule has 0 bridgehead atoms. The van der Waals surface area contributed by atoms with Gasteiger partial charge in [0.25, 0.3) is 15.9 Å². The number of sulfonamides is 1. The summed E-state index contributed by atoms with van der Waals surface area (Å²) in [4.78, 5) is 12.6. The van der Waals surface area contributed by atoms with Crippen LogP contribution in [0.2, 0.25) is 0 Å². The number of fused-ring (bicyclic) bond motifs is 1. The summed E-state index contributed by atoms with van der Waals surface area (Å²) >= 11 is 0. The van der Waals surface area contributed by atoms with Gasteiger partial charge in [0.15, 0.2) is 0 Å². The maximum Gasteiger partial charge on any atom is 0.264 e. The Morgan fingerprint density at radius 1 is 1.22 bits per heavy atom. The molecule has 2 aliphatic rings. The van der Waals surface area contributed by atoms with Gasteiger partial charge in [-0.15, -0.1) is 0 Å². The largest absolute Gasteiger partial charge is 0.496 e. The number of benzene rings is 2. The molecule has 1 saturated carbocycles. The van der Waals surface area contributed by atoms with Crippen LogP contribution in [-0.4, -0.2) is 34.5 Å². The molecule has 142 valence electrons. The molecule has 0 aromatic heterocycles. The van der Waals surface area contributed by atoms with Crippen molar-refractivity contribution < 1.29 is 17.9 Å². The van der Waals surface area contributed by atoms with Crippen LogP contribution in [0.3, 0.4) is 0 Å². The van der Waals surface area contributed by atoms with E-state index in [2.05, 4.69) is 5.32 Å². The van der Waals surface area contributed by atoms with E-state index in [0.29, 0.717) is 36.9 Å². The SMILES string of the molecule is COc1ccc(S(=O)(=O)N2CCc3ccccc32)cc1C(=O)NCC1CC1. The van der Waals surface area contributed by atoms with E-state index in [4.69, 9.17) is 4.74 Å².